The third kappa shape index (κ3) is 4.53. The van der Waals surface area contributed by atoms with Crippen LogP contribution in [0.5, 0.6) is 0 Å². The van der Waals surface area contributed by atoms with E-state index in [0.29, 0.717) is 0 Å². The molecule has 0 amide bonds. The summed E-state index contributed by atoms with van der Waals surface area (Å²) in [5.74, 6) is 0. The van der Waals surface area contributed by atoms with Crippen molar-refractivity contribution < 1.29 is 22.5 Å². The molecule has 0 aromatic heterocycles. The van der Waals surface area contributed by atoms with Gasteiger partial charge in [0.1, 0.15) is 0 Å². The van der Waals surface area contributed by atoms with E-state index in [1.54, 1.807) is 0 Å². The molecule has 0 bridgehead atoms. The average Bonchev–Trinajstić information content (AvgIpc) is 2.62. The quantitative estimate of drug-likeness (QED) is 0.559. The summed E-state index contributed by atoms with van der Waals surface area (Å²) in [6.07, 6.45) is -4.60. The number of alkyl halides is 3. The molecular weight excluding hydrogens is 386 g/mol. The van der Waals surface area contributed by atoms with Crippen LogP contribution in [0, 0.1) is 0 Å². The lowest BCUT2D eigenvalue weighted by Gasteiger charge is -2.32. The molecule has 146 valence electrons. The molecule has 0 aliphatic carbocycles. The molecule has 1 aliphatic heterocycles. The summed E-state index contributed by atoms with van der Waals surface area (Å²) in [6.45, 7) is 13.0. The van der Waals surface area contributed by atoms with E-state index < -0.39 is 35.1 Å². The number of hydrogen-bond donors (Lipinski definition) is 1. The molecule has 1 N–H and O–H groups in total. The Balaban J connectivity index is 2.45. The van der Waals surface area contributed by atoms with E-state index in [0.717, 1.165) is 11.9 Å². The summed E-state index contributed by atoms with van der Waals surface area (Å²) in [5.41, 5.74) is -2.39. The predicted octanol–water partition coefficient (Wildman–Crippen LogP) is 5.05. The number of hydrogen-bond acceptors (Lipinski definition) is 4. The molecule has 1 aliphatic rings. The third-order valence-electron chi connectivity index (χ3n) is 4.39. The van der Waals surface area contributed by atoms with Crippen molar-refractivity contribution in [2.75, 3.05) is 0 Å². The summed E-state index contributed by atoms with van der Waals surface area (Å²) >= 11 is 7.10. The van der Waals surface area contributed by atoms with Gasteiger partial charge in [0.15, 0.2) is 0 Å². The van der Waals surface area contributed by atoms with Crippen molar-refractivity contribution in [1.29, 1.82) is 0 Å². The molecule has 0 unspecified atom stereocenters. The van der Waals surface area contributed by atoms with Crippen LogP contribution in [0.2, 0.25) is 5.02 Å². The maximum atomic E-state index is 13.7. The van der Waals surface area contributed by atoms with Crippen molar-refractivity contribution in [1.82, 2.24) is 4.72 Å². The zero-order chi connectivity index (χ0) is 20.1. The molecule has 0 radical (unpaired) electrons. The van der Waals surface area contributed by atoms with E-state index in [1.165, 1.54) is 12.1 Å². The predicted molar refractivity (Wildman–Crippen MR) is 101 cm³/mol. The fraction of sp³-hybridized carbons (Fsp3) is 0.647. The lowest BCUT2D eigenvalue weighted by atomic mass is 9.78. The fourth-order valence-corrected chi connectivity index (χ4v) is 3.57. The third-order valence-corrected chi connectivity index (χ3v) is 6.07. The Morgan fingerprint density at radius 1 is 1.04 bits per heavy atom. The van der Waals surface area contributed by atoms with Crippen LogP contribution in [0.15, 0.2) is 17.0 Å². The molecule has 0 atom stereocenters. The van der Waals surface area contributed by atoms with Crippen LogP contribution in [-0.2, 0) is 15.5 Å². The SMILES string of the molecule is CC(C)(C)NSc1ccc(B2OC(C)(C)C(C)(C)O2)c(Cl)c1C(F)(F)F. The van der Waals surface area contributed by atoms with Crippen LogP contribution >= 0.6 is 23.5 Å². The highest BCUT2D eigenvalue weighted by Gasteiger charge is 2.53. The molecule has 9 heteroatoms. The summed E-state index contributed by atoms with van der Waals surface area (Å²) in [4.78, 5) is 0.0118. The highest BCUT2D eigenvalue weighted by molar-refractivity contribution is 7.97. The zero-order valence-electron chi connectivity index (χ0n) is 16.0. The molecule has 26 heavy (non-hydrogen) atoms. The van der Waals surface area contributed by atoms with Gasteiger partial charge in [0.2, 0.25) is 0 Å². The molecule has 2 rings (SSSR count). The van der Waals surface area contributed by atoms with Gasteiger partial charge in [-0.2, -0.15) is 13.2 Å². The van der Waals surface area contributed by atoms with Crippen molar-refractivity contribution in [2.24, 2.45) is 0 Å². The normalized spacial score (nSPS) is 19.9. The van der Waals surface area contributed by atoms with Gasteiger partial charge in [0.05, 0.1) is 21.8 Å². The number of nitrogens with one attached hydrogen (secondary N) is 1. The Labute approximate surface area is 162 Å². The van der Waals surface area contributed by atoms with Crippen LogP contribution in [0.3, 0.4) is 0 Å². The minimum Gasteiger partial charge on any atom is -0.399 e. The first-order valence-electron chi connectivity index (χ1n) is 8.24. The van der Waals surface area contributed by atoms with Gasteiger partial charge < -0.3 is 9.31 Å². The van der Waals surface area contributed by atoms with E-state index in [1.807, 2.05) is 48.5 Å². The number of benzene rings is 1. The Kier molecular flexibility index (Phi) is 5.80. The maximum Gasteiger partial charge on any atom is 0.496 e. The van der Waals surface area contributed by atoms with Gasteiger partial charge in [-0.15, -0.1) is 0 Å². The van der Waals surface area contributed by atoms with Crippen molar-refractivity contribution in [3.8, 4) is 0 Å². The Bertz CT molecular complexity index is 674. The van der Waals surface area contributed by atoms with Crippen LogP contribution in [0.4, 0.5) is 13.2 Å². The number of halogens is 4. The molecule has 0 saturated carbocycles. The van der Waals surface area contributed by atoms with Crippen LogP contribution in [-0.4, -0.2) is 23.9 Å². The lowest BCUT2D eigenvalue weighted by Crippen LogP contribution is -2.41. The first-order valence-corrected chi connectivity index (χ1v) is 9.44. The first-order chi connectivity index (χ1) is 11.6. The summed E-state index contributed by atoms with van der Waals surface area (Å²) in [5, 5.41) is -0.392. The van der Waals surface area contributed by atoms with Crippen molar-refractivity contribution >= 4 is 36.1 Å². The number of rotatable bonds is 3. The molecule has 1 aromatic rings. The molecular formula is C17H24BClF3NO2S. The van der Waals surface area contributed by atoms with Gasteiger partial charge in [0.25, 0.3) is 0 Å². The summed E-state index contributed by atoms with van der Waals surface area (Å²) in [7, 11) is -0.955. The van der Waals surface area contributed by atoms with E-state index in [4.69, 9.17) is 20.9 Å². The topological polar surface area (TPSA) is 30.5 Å². The molecule has 1 saturated heterocycles. The van der Waals surface area contributed by atoms with E-state index >= 15 is 0 Å². The van der Waals surface area contributed by atoms with Gasteiger partial charge >= 0.3 is 13.3 Å². The van der Waals surface area contributed by atoms with Crippen molar-refractivity contribution in [2.45, 2.75) is 76.3 Å². The highest BCUT2D eigenvalue weighted by Crippen LogP contribution is 2.42. The average molecular weight is 410 g/mol. The second-order valence-electron chi connectivity index (χ2n) is 8.38. The second kappa shape index (κ2) is 6.89. The summed E-state index contributed by atoms with van der Waals surface area (Å²) < 4.78 is 55.8. The monoisotopic (exact) mass is 409 g/mol. The maximum absolute atomic E-state index is 13.7. The van der Waals surface area contributed by atoms with Crippen molar-refractivity contribution in [3.05, 3.63) is 22.7 Å². The van der Waals surface area contributed by atoms with E-state index in [-0.39, 0.29) is 15.9 Å². The largest absolute Gasteiger partial charge is 0.496 e. The van der Waals surface area contributed by atoms with Crippen LogP contribution in [0.1, 0.15) is 54.0 Å². The summed E-state index contributed by atoms with van der Waals surface area (Å²) in [6, 6.07) is 2.94. The second-order valence-corrected chi connectivity index (χ2v) is 9.61. The Morgan fingerprint density at radius 2 is 1.54 bits per heavy atom. The minimum absolute atomic E-state index is 0.0118. The van der Waals surface area contributed by atoms with Crippen molar-refractivity contribution in [3.63, 3.8) is 0 Å². The molecule has 0 spiro atoms. The van der Waals surface area contributed by atoms with Crippen LogP contribution in [0.25, 0.3) is 0 Å². The minimum atomic E-state index is -4.60. The van der Waals surface area contributed by atoms with Gasteiger partial charge in [-0.1, -0.05) is 17.7 Å². The van der Waals surface area contributed by atoms with Gasteiger partial charge in [-0.05, 0) is 66.5 Å². The molecule has 3 nitrogen and oxygen atoms in total. The van der Waals surface area contributed by atoms with E-state index in [2.05, 4.69) is 4.72 Å². The Hall–Kier alpha value is -0.405. The van der Waals surface area contributed by atoms with Crippen LogP contribution < -0.4 is 10.2 Å². The standard InChI is InChI=1S/C17H24BClF3NO2S/c1-14(2,3)23-26-11-9-8-10(13(19)12(11)17(20,21)22)18-24-15(4,5)16(6,7)25-18/h8-9,23H,1-7H3. The zero-order valence-corrected chi connectivity index (χ0v) is 17.5. The highest BCUT2D eigenvalue weighted by atomic mass is 35.5. The fourth-order valence-electron chi connectivity index (χ4n) is 2.28. The lowest BCUT2D eigenvalue weighted by molar-refractivity contribution is -0.139. The van der Waals surface area contributed by atoms with E-state index in [9.17, 15) is 13.2 Å². The van der Waals surface area contributed by atoms with Gasteiger partial charge in [-0.3, -0.25) is 4.72 Å². The first kappa shape index (κ1) is 21.9. The molecule has 1 fully saturated rings. The Morgan fingerprint density at radius 3 is 1.96 bits per heavy atom. The smallest absolute Gasteiger partial charge is 0.399 e. The van der Waals surface area contributed by atoms with Gasteiger partial charge in [-0.25, -0.2) is 0 Å². The molecule has 1 heterocycles. The van der Waals surface area contributed by atoms with Gasteiger partial charge in [0, 0.05) is 15.9 Å². The molecule has 1 aromatic carbocycles.